The first-order valence-electron chi connectivity index (χ1n) is 8.50. The molecule has 1 N–H and O–H groups in total. The molecular formula is C19H22N3OS+. The van der Waals surface area contributed by atoms with Crippen LogP contribution in [0.1, 0.15) is 41.4 Å². The van der Waals surface area contributed by atoms with Gasteiger partial charge < -0.3 is 4.90 Å². The van der Waals surface area contributed by atoms with Crippen LogP contribution in [0.3, 0.4) is 0 Å². The van der Waals surface area contributed by atoms with Gasteiger partial charge in [0.2, 0.25) is 0 Å². The van der Waals surface area contributed by atoms with E-state index in [-0.39, 0.29) is 5.56 Å². The fourth-order valence-corrected chi connectivity index (χ4v) is 4.76. The van der Waals surface area contributed by atoms with Crippen LogP contribution in [-0.2, 0) is 13.0 Å². The van der Waals surface area contributed by atoms with Crippen molar-refractivity contribution < 1.29 is 4.90 Å². The molecule has 0 fully saturated rings. The maximum Gasteiger partial charge on any atom is 0.259 e. The third kappa shape index (κ3) is 2.68. The highest BCUT2D eigenvalue weighted by atomic mass is 32.1. The second-order valence-corrected chi connectivity index (χ2v) is 7.58. The molecule has 1 unspecified atom stereocenters. The minimum Gasteiger partial charge on any atom is -0.326 e. The number of hydrogen-bond donors (Lipinski definition) is 1. The molecule has 4 nitrogen and oxygen atoms in total. The number of nitrogens with one attached hydrogen (secondary N) is 1. The predicted octanol–water partition coefficient (Wildman–Crippen LogP) is 2.16. The molecule has 3 aromatic rings. The molecule has 2 heterocycles. The first-order valence-corrected chi connectivity index (χ1v) is 9.38. The first-order chi connectivity index (χ1) is 11.6. The average Bonchev–Trinajstić information content (AvgIpc) is 2.95. The smallest absolute Gasteiger partial charge is 0.259 e. The van der Waals surface area contributed by atoms with Crippen LogP contribution in [0, 0.1) is 6.92 Å². The minimum absolute atomic E-state index is 0.0330. The van der Waals surface area contributed by atoms with Crippen LogP contribution in [0.15, 0.2) is 40.5 Å². The molecular weight excluding hydrogens is 318 g/mol. The van der Waals surface area contributed by atoms with Gasteiger partial charge in [0.25, 0.3) is 5.56 Å². The number of quaternary nitrogens is 1. The Morgan fingerprint density at radius 2 is 2.21 bits per heavy atom. The normalized spacial score (nSPS) is 18.5. The number of nitrogens with zero attached hydrogens (tertiary/aromatic N) is 2. The number of rotatable bonds is 3. The molecule has 1 aliphatic rings. The maximum absolute atomic E-state index is 12.4. The molecule has 4 rings (SSSR count). The van der Waals surface area contributed by atoms with E-state index in [1.807, 2.05) is 12.3 Å². The fraction of sp³-hybridized carbons (Fsp3) is 0.368. The van der Waals surface area contributed by atoms with Crippen molar-refractivity contribution >= 4 is 16.3 Å². The van der Waals surface area contributed by atoms with E-state index in [1.54, 1.807) is 10.5 Å². The monoisotopic (exact) mass is 340 g/mol. The van der Waals surface area contributed by atoms with Gasteiger partial charge in [-0.1, -0.05) is 24.3 Å². The lowest BCUT2D eigenvalue weighted by molar-refractivity contribution is -0.927. The zero-order valence-corrected chi connectivity index (χ0v) is 14.9. The highest BCUT2D eigenvalue weighted by Gasteiger charge is 2.27. The SMILES string of the molecule is Cc1csc2nc(C[NH+](C)[C@H]3CCCc4ccccc43)cc(=O)n12. The lowest BCUT2D eigenvalue weighted by Crippen LogP contribution is -3.08. The Morgan fingerprint density at radius 1 is 1.38 bits per heavy atom. The third-order valence-electron chi connectivity index (χ3n) is 5.05. The molecule has 0 saturated heterocycles. The fourth-order valence-electron chi connectivity index (χ4n) is 3.87. The second-order valence-electron chi connectivity index (χ2n) is 6.75. The van der Waals surface area contributed by atoms with E-state index in [1.165, 1.54) is 46.6 Å². The number of aryl methyl sites for hydroxylation is 2. The summed E-state index contributed by atoms with van der Waals surface area (Å²) in [5, 5.41) is 1.99. The van der Waals surface area contributed by atoms with Crippen LogP contribution < -0.4 is 10.5 Å². The standard InChI is InChI=1S/C19H21N3OS/c1-13-12-24-19-20-15(10-18(23)22(13)19)11-21(2)17-9-5-7-14-6-3-4-8-16(14)17/h3-4,6,8,10,12,17H,5,7,9,11H2,1-2H3/p+1/t17-/m0/s1. The van der Waals surface area contributed by atoms with Gasteiger partial charge in [-0.25, -0.2) is 4.98 Å². The minimum atomic E-state index is 0.0330. The molecule has 0 radical (unpaired) electrons. The second kappa shape index (κ2) is 6.15. The topological polar surface area (TPSA) is 38.8 Å². The third-order valence-corrected chi connectivity index (χ3v) is 6.00. The molecule has 0 spiro atoms. The lowest BCUT2D eigenvalue weighted by Gasteiger charge is -2.30. The molecule has 24 heavy (non-hydrogen) atoms. The summed E-state index contributed by atoms with van der Waals surface area (Å²) in [6.45, 7) is 2.73. The van der Waals surface area contributed by atoms with Crippen molar-refractivity contribution in [3.63, 3.8) is 0 Å². The first kappa shape index (κ1) is 15.5. The van der Waals surface area contributed by atoms with Crippen LogP contribution in [0.25, 0.3) is 4.96 Å². The predicted molar refractivity (Wildman–Crippen MR) is 96.8 cm³/mol. The van der Waals surface area contributed by atoms with Crippen LogP contribution in [0.2, 0.25) is 0 Å². The largest absolute Gasteiger partial charge is 0.326 e. The van der Waals surface area contributed by atoms with E-state index in [0.717, 1.165) is 22.9 Å². The highest BCUT2D eigenvalue weighted by molar-refractivity contribution is 7.15. The summed E-state index contributed by atoms with van der Waals surface area (Å²) in [4.78, 5) is 19.3. The number of benzene rings is 1. The van der Waals surface area contributed by atoms with E-state index in [2.05, 4.69) is 31.3 Å². The molecule has 124 valence electrons. The van der Waals surface area contributed by atoms with Gasteiger partial charge in [-0.05, 0) is 25.3 Å². The molecule has 0 bridgehead atoms. The van der Waals surface area contributed by atoms with Gasteiger partial charge in [-0.3, -0.25) is 9.20 Å². The zero-order valence-electron chi connectivity index (χ0n) is 14.1. The van der Waals surface area contributed by atoms with Crippen molar-refractivity contribution in [2.24, 2.45) is 0 Å². The summed E-state index contributed by atoms with van der Waals surface area (Å²) in [6.07, 6.45) is 3.61. The van der Waals surface area contributed by atoms with Crippen molar-refractivity contribution in [1.82, 2.24) is 9.38 Å². The lowest BCUT2D eigenvalue weighted by atomic mass is 9.87. The van der Waals surface area contributed by atoms with E-state index in [9.17, 15) is 4.79 Å². The Kier molecular flexibility index (Phi) is 3.98. The zero-order chi connectivity index (χ0) is 16.7. The molecule has 5 heteroatoms. The molecule has 2 atom stereocenters. The van der Waals surface area contributed by atoms with E-state index in [4.69, 9.17) is 4.98 Å². The summed E-state index contributed by atoms with van der Waals surface area (Å²) in [5.74, 6) is 0. The summed E-state index contributed by atoms with van der Waals surface area (Å²) in [6, 6.07) is 11.0. The number of thiazole rings is 1. The van der Waals surface area contributed by atoms with Gasteiger partial charge in [0.15, 0.2) is 4.96 Å². The van der Waals surface area contributed by atoms with Crippen LogP contribution in [0.5, 0.6) is 0 Å². The number of fused-ring (bicyclic) bond motifs is 2. The van der Waals surface area contributed by atoms with Crippen LogP contribution in [-0.4, -0.2) is 16.4 Å². The summed E-state index contributed by atoms with van der Waals surface area (Å²) >= 11 is 1.54. The van der Waals surface area contributed by atoms with Crippen molar-refractivity contribution in [2.75, 3.05) is 7.05 Å². The molecule has 1 aliphatic carbocycles. The quantitative estimate of drug-likeness (QED) is 0.793. The van der Waals surface area contributed by atoms with Gasteiger partial charge in [0, 0.05) is 29.1 Å². The van der Waals surface area contributed by atoms with Crippen molar-refractivity contribution in [3.8, 4) is 0 Å². The maximum atomic E-state index is 12.4. The Bertz CT molecular complexity index is 943. The van der Waals surface area contributed by atoms with Crippen molar-refractivity contribution in [1.29, 1.82) is 0 Å². The Morgan fingerprint density at radius 3 is 3.08 bits per heavy atom. The van der Waals surface area contributed by atoms with Crippen molar-refractivity contribution in [2.45, 2.75) is 38.8 Å². The van der Waals surface area contributed by atoms with Gasteiger partial charge >= 0.3 is 0 Å². The molecule has 2 aromatic heterocycles. The van der Waals surface area contributed by atoms with Crippen LogP contribution >= 0.6 is 11.3 Å². The summed E-state index contributed by atoms with van der Waals surface area (Å²) in [5.41, 5.74) is 4.82. The van der Waals surface area contributed by atoms with Gasteiger partial charge in [-0.2, -0.15) is 0 Å². The van der Waals surface area contributed by atoms with E-state index >= 15 is 0 Å². The average molecular weight is 340 g/mol. The Labute approximate surface area is 145 Å². The van der Waals surface area contributed by atoms with Gasteiger partial charge in [-0.15, -0.1) is 11.3 Å². The Balaban J connectivity index is 1.63. The van der Waals surface area contributed by atoms with E-state index < -0.39 is 0 Å². The number of aromatic nitrogens is 2. The highest BCUT2D eigenvalue weighted by Crippen LogP contribution is 2.27. The van der Waals surface area contributed by atoms with Crippen LogP contribution in [0.4, 0.5) is 0 Å². The van der Waals surface area contributed by atoms with Gasteiger partial charge in [0.1, 0.15) is 18.3 Å². The van der Waals surface area contributed by atoms with Gasteiger partial charge in [0.05, 0.1) is 7.05 Å². The Hall–Kier alpha value is -1.98. The summed E-state index contributed by atoms with van der Waals surface area (Å²) < 4.78 is 1.69. The molecule has 0 amide bonds. The van der Waals surface area contributed by atoms with Crippen molar-refractivity contribution in [3.05, 3.63) is 68.6 Å². The molecule has 0 saturated carbocycles. The summed E-state index contributed by atoms with van der Waals surface area (Å²) in [7, 11) is 2.22. The van der Waals surface area contributed by atoms with E-state index in [0.29, 0.717) is 6.04 Å². The molecule has 1 aromatic carbocycles. The number of hydrogen-bond acceptors (Lipinski definition) is 3. The molecule has 0 aliphatic heterocycles.